The summed E-state index contributed by atoms with van der Waals surface area (Å²) in [5.41, 5.74) is 6.41. The predicted octanol–water partition coefficient (Wildman–Crippen LogP) is 2.13. The van der Waals surface area contributed by atoms with Crippen molar-refractivity contribution < 1.29 is 9.21 Å². The number of para-hydroxylation sites is 1. The van der Waals surface area contributed by atoms with Gasteiger partial charge in [-0.15, -0.1) is 0 Å². The zero-order valence-electron chi connectivity index (χ0n) is 10.2. The van der Waals surface area contributed by atoms with Crippen molar-refractivity contribution >= 4 is 22.6 Å². The third-order valence-electron chi connectivity index (χ3n) is 2.68. The van der Waals surface area contributed by atoms with Gasteiger partial charge in [0.15, 0.2) is 0 Å². The van der Waals surface area contributed by atoms with Crippen LogP contribution < -0.4 is 10.6 Å². The molecule has 0 saturated heterocycles. The van der Waals surface area contributed by atoms with Crippen LogP contribution in [-0.4, -0.2) is 18.5 Å². The number of nitrogens with zero attached hydrogens (tertiary/aromatic N) is 1. The van der Waals surface area contributed by atoms with E-state index in [-0.39, 0.29) is 5.91 Å². The van der Waals surface area contributed by atoms with Crippen LogP contribution in [0.2, 0.25) is 0 Å². The molecule has 0 fully saturated rings. The average molecular weight is 232 g/mol. The summed E-state index contributed by atoms with van der Waals surface area (Å²) in [4.78, 5) is 13.6. The highest BCUT2D eigenvalue weighted by molar-refractivity contribution is 6.05. The highest BCUT2D eigenvalue weighted by Gasteiger charge is 2.27. The fourth-order valence-electron chi connectivity index (χ4n) is 1.77. The summed E-state index contributed by atoms with van der Waals surface area (Å²) in [5.74, 6) is -0.149. The van der Waals surface area contributed by atoms with Gasteiger partial charge in [-0.3, -0.25) is 4.79 Å². The number of likely N-dealkylation sites (N-methyl/N-ethyl adjacent to an activating group) is 1. The largest absolute Gasteiger partial charge is 0.462 e. The van der Waals surface area contributed by atoms with E-state index < -0.39 is 5.54 Å². The topological polar surface area (TPSA) is 59.5 Å². The summed E-state index contributed by atoms with van der Waals surface area (Å²) in [7, 11) is 1.70. The van der Waals surface area contributed by atoms with E-state index in [2.05, 4.69) is 0 Å². The minimum absolute atomic E-state index is 0.149. The van der Waals surface area contributed by atoms with Crippen molar-refractivity contribution in [3.8, 4) is 0 Å². The Kier molecular flexibility index (Phi) is 2.67. The number of nitrogens with two attached hydrogens (primary N) is 1. The third-order valence-corrected chi connectivity index (χ3v) is 2.68. The number of anilines is 1. The number of hydrogen-bond acceptors (Lipinski definition) is 3. The van der Waals surface area contributed by atoms with Crippen molar-refractivity contribution in [3.63, 3.8) is 0 Å². The van der Waals surface area contributed by atoms with Gasteiger partial charge in [0.1, 0.15) is 11.8 Å². The van der Waals surface area contributed by atoms with Gasteiger partial charge in [0.2, 0.25) is 5.91 Å². The lowest BCUT2D eigenvalue weighted by atomic mass is 10.1. The maximum absolute atomic E-state index is 12.1. The molecule has 1 aromatic carbocycles. The highest BCUT2D eigenvalue weighted by Crippen LogP contribution is 2.28. The first-order chi connectivity index (χ1) is 7.91. The minimum Gasteiger partial charge on any atom is -0.462 e. The summed E-state index contributed by atoms with van der Waals surface area (Å²) in [5, 5.41) is 0.910. The molecule has 0 atom stereocenters. The van der Waals surface area contributed by atoms with Crippen molar-refractivity contribution in [1.29, 1.82) is 0 Å². The molecule has 0 aliphatic carbocycles. The Bertz CT molecular complexity index is 552. The van der Waals surface area contributed by atoms with E-state index in [1.165, 1.54) is 4.90 Å². The van der Waals surface area contributed by atoms with Gasteiger partial charge in [0, 0.05) is 12.4 Å². The quantitative estimate of drug-likeness (QED) is 0.862. The Morgan fingerprint density at radius 3 is 2.65 bits per heavy atom. The van der Waals surface area contributed by atoms with Crippen LogP contribution in [0, 0.1) is 0 Å². The number of rotatable bonds is 2. The highest BCUT2D eigenvalue weighted by atomic mass is 16.3. The maximum Gasteiger partial charge on any atom is 0.246 e. The van der Waals surface area contributed by atoms with E-state index in [0.29, 0.717) is 0 Å². The van der Waals surface area contributed by atoms with E-state index >= 15 is 0 Å². The number of benzene rings is 1. The maximum atomic E-state index is 12.1. The molecular weight excluding hydrogens is 216 g/mol. The molecule has 0 spiro atoms. The van der Waals surface area contributed by atoms with Crippen LogP contribution in [0.1, 0.15) is 13.8 Å². The van der Waals surface area contributed by atoms with Gasteiger partial charge in [-0.05, 0) is 26.0 Å². The van der Waals surface area contributed by atoms with Crippen molar-refractivity contribution in [2.24, 2.45) is 5.73 Å². The summed E-state index contributed by atoms with van der Waals surface area (Å²) in [6.07, 6.45) is 1.58. The van der Waals surface area contributed by atoms with E-state index in [1.54, 1.807) is 27.2 Å². The molecule has 0 aliphatic rings. The molecule has 2 aromatic rings. The van der Waals surface area contributed by atoms with Crippen LogP contribution in [0.4, 0.5) is 5.69 Å². The number of hydrogen-bond donors (Lipinski definition) is 1. The normalized spacial score (nSPS) is 11.8. The second-order valence-corrected chi connectivity index (χ2v) is 4.70. The number of furan rings is 1. The summed E-state index contributed by atoms with van der Waals surface area (Å²) < 4.78 is 5.40. The lowest BCUT2D eigenvalue weighted by molar-refractivity contribution is -0.122. The van der Waals surface area contributed by atoms with Crippen LogP contribution in [-0.2, 0) is 4.79 Å². The van der Waals surface area contributed by atoms with Crippen LogP contribution in [0.15, 0.2) is 34.9 Å². The van der Waals surface area contributed by atoms with Gasteiger partial charge in [-0.1, -0.05) is 12.1 Å². The second kappa shape index (κ2) is 3.89. The zero-order chi connectivity index (χ0) is 12.6. The Balaban J connectivity index is 2.44. The van der Waals surface area contributed by atoms with Gasteiger partial charge >= 0.3 is 0 Å². The molecule has 0 aliphatic heterocycles. The number of carbonyl (C=O) groups excluding carboxylic acids is 1. The van der Waals surface area contributed by atoms with Crippen LogP contribution in [0.5, 0.6) is 0 Å². The number of amides is 1. The monoisotopic (exact) mass is 232 g/mol. The first-order valence-corrected chi connectivity index (χ1v) is 5.44. The van der Waals surface area contributed by atoms with Crippen molar-refractivity contribution in [1.82, 2.24) is 0 Å². The molecule has 90 valence electrons. The van der Waals surface area contributed by atoms with Crippen LogP contribution in [0.3, 0.4) is 0 Å². The lowest BCUT2D eigenvalue weighted by Gasteiger charge is -2.24. The van der Waals surface area contributed by atoms with Crippen molar-refractivity contribution in [2.45, 2.75) is 19.4 Å². The second-order valence-electron chi connectivity index (χ2n) is 4.70. The minimum atomic E-state index is -0.896. The molecule has 0 bridgehead atoms. The van der Waals surface area contributed by atoms with Crippen molar-refractivity contribution in [3.05, 3.63) is 30.5 Å². The van der Waals surface area contributed by atoms with Gasteiger partial charge in [-0.2, -0.15) is 0 Å². The molecule has 17 heavy (non-hydrogen) atoms. The van der Waals surface area contributed by atoms with E-state index in [0.717, 1.165) is 16.7 Å². The average Bonchev–Trinajstić information content (AvgIpc) is 2.69. The SMILES string of the molecule is CN(C(=O)C(C)(C)N)c1coc2ccccc12. The summed E-state index contributed by atoms with van der Waals surface area (Å²) in [6, 6.07) is 7.59. The predicted molar refractivity (Wildman–Crippen MR) is 67.9 cm³/mol. The zero-order valence-corrected chi connectivity index (χ0v) is 10.2. The molecule has 0 radical (unpaired) electrons. The van der Waals surface area contributed by atoms with E-state index in [9.17, 15) is 4.79 Å². The van der Waals surface area contributed by atoms with E-state index in [1.807, 2.05) is 24.3 Å². The fraction of sp³-hybridized carbons (Fsp3) is 0.308. The van der Waals surface area contributed by atoms with Crippen LogP contribution >= 0.6 is 0 Å². The summed E-state index contributed by atoms with van der Waals surface area (Å²) in [6.45, 7) is 3.38. The fourth-order valence-corrected chi connectivity index (χ4v) is 1.77. The Morgan fingerprint density at radius 2 is 2.00 bits per heavy atom. The number of carbonyl (C=O) groups is 1. The van der Waals surface area contributed by atoms with Gasteiger partial charge in [0.05, 0.1) is 11.2 Å². The molecule has 1 amide bonds. The molecule has 0 saturated carbocycles. The lowest BCUT2D eigenvalue weighted by Crippen LogP contribution is -2.49. The Labute approximate surface area is 100.0 Å². The number of fused-ring (bicyclic) bond motifs is 1. The Hall–Kier alpha value is -1.81. The molecule has 2 rings (SSSR count). The smallest absolute Gasteiger partial charge is 0.246 e. The first-order valence-electron chi connectivity index (χ1n) is 5.44. The standard InChI is InChI=1S/C13H16N2O2/c1-13(2,14)12(16)15(3)10-8-17-11-7-5-4-6-9(10)11/h4-8H,14H2,1-3H3. The summed E-state index contributed by atoms with van der Waals surface area (Å²) >= 11 is 0. The van der Waals surface area contributed by atoms with Gasteiger partial charge in [-0.25, -0.2) is 0 Å². The molecule has 4 heteroatoms. The van der Waals surface area contributed by atoms with E-state index in [4.69, 9.17) is 10.2 Å². The van der Waals surface area contributed by atoms with Gasteiger partial charge < -0.3 is 15.1 Å². The Morgan fingerprint density at radius 1 is 1.35 bits per heavy atom. The van der Waals surface area contributed by atoms with Crippen LogP contribution in [0.25, 0.3) is 11.0 Å². The third kappa shape index (κ3) is 2.03. The van der Waals surface area contributed by atoms with Gasteiger partial charge in [0.25, 0.3) is 0 Å². The molecule has 1 heterocycles. The molecular formula is C13H16N2O2. The molecule has 2 N–H and O–H groups in total. The van der Waals surface area contributed by atoms with Crippen molar-refractivity contribution in [2.75, 3.05) is 11.9 Å². The molecule has 4 nitrogen and oxygen atoms in total. The molecule has 0 unspecified atom stereocenters. The first kappa shape index (κ1) is 11.7. The molecule has 1 aromatic heterocycles.